The first-order valence-corrected chi connectivity index (χ1v) is 11.0. The normalized spacial score (nSPS) is 19.4. The van der Waals surface area contributed by atoms with E-state index in [1.54, 1.807) is 7.11 Å². The average molecular weight is 408 g/mol. The summed E-state index contributed by atoms with van der Waals surface area (Å²) in [6.45, 7) is 9.79. The number of methoxy groups -OCH3 is 1. The van der Waals surface area contributed by atoms with E-state index in [0.717, 1.165) is 71.0 Å². The molecule has 2 aliphatic rings. The molecule has 2 N–H and O–H groups in total. The van der Waals surface area contributed by atoms with Crippen LogP contribution in [-0.4, -0.2) is 93.8 Å². The number of likely N-dealkylation sites (tertiary alicyclic amines) is 1. The molecule has 2 saturated heterocycles. The number of rotatable bonds is 12. The fourth-order valence-corrected chi connectivity index (χ4v) is 3.93. The summed E-state index contributed by atoms with van der Waals surface area (Å²) in [5.74, 6) is 1.40. The zero-order chi connectivity index (χ0) is 20.3. The Labute approximate surface area is 174 Å². The van der Waals surface area contributed by atoms with Gasteiger partial charge in [0.15, 0.2) is 11.5 Å². The zero-order valence-corrected chi connectivity index (χ0v) is 17.8. The van der Waals surface area contributed by atoms with Gasteiger partial charge in [-0.2, -0.15) is 0 Å². The Kier molecular flexibility index (Phi) is 9.50. The van der Waals surface area contributed by atoms with Gasteiger partial charge in [0.2, 0.25) is 0 Å². The molecule has 0 radical (unpaired) electrons. The maximum absolute atomic E-state index is 10.3. The van der Waals surface area contributed by atoms with E-state index in [0.29, 0.717) is 18.0 Å². The van der Waals surface area contributed by atoms with E-state index >= 15 is 0 Å². The average Bonchev–Trinajstić information content (AvgIpc) is 3.26. The number of aliphatic hydroxyl groups is 1. The lowest BCUT2D eigenvalue weighted by molar-refractivity contribution is 0.0374. The third kappa shape index (κ3) is 7.75. The molecule has 7 heteroatoms. The van der Waals surface area contributed by atoms with Crippen LogP contribution in [0.25, 0.3) is 0 Å². The lowest BCUT2D eigenvalue weighted by atomic mass is 10.2. The van der Waals surface area contributed by atoms with Gasteiger partial charge in [0.05, 0.1) is 20.3 Å². The summed E-state index contributed by atoms with van der Waals surface area (Å²) in [7, 11) is 1.65. The Morgan fingerprint density at radius 3 is 2.66 bits per heavy atom. The Morgan fingerprint density at radius 2 is 1.90 bits per heavy atom. The van der Waals surface area contributed by atoms with Crippen molar-refractivity contribution in [2.45, 2.75) is 31.9 Å². The summed E-state index contributed by atoms with van der Waals surface area (Å²) in [6.07, 6.45) is 3.09. The molecule has 0 aromatic heterocycles. The van der Waals surface area contributed by atoms with Gasteiger partial charge in [0, 0.05) is 26.2 Å². The standard InChI is InChI=1S/C22H37N3O4/c1-27-21-6-5-19(16-23-7-4-10-24-11-13-28-14-12-24)15-22(21)29-18-20(26)17-25-8-2-3-9-25/h5-6,15,20,23,26H,2-4,7-14,16-18H2,1H3/t20-/m1/s1. The van der Waals surface area contributed by atoms with Crippen LogP contribution in [0.1, 0.15) is 24.8 Å². The molecule has 1 aromatic carbocycles. The molecule has 0 unspecified atom stereocenters. The third-order valence-electron chi connectivity index (χ3n) is 5.59. The molecule has 2 heterocycles. The number of nitrogens with one attached hydrogen (secondary N) is 1. The van der Waals surface area contributed by atoms with Gasteiger partial charge in [-0.15, -0.1) is 0 Å². The second-order valence-corrected chi connectivity index (χ2v) is 7.94. The highest BCUT2D eigenvalue weighted by Crippen LogP contribution is 2.28. The van der Waals surface area contributed by atoms with E-state index in [2.05, 4.69) is 21.2 Å². The Bertz CT molecular complexity index is 589. The Balaban J connectivity index is 1.38. The van der Waals surface area contributed by atoms with Crippen LogP contribution in [0.2, 0.25) is 0 Å². The number of hydrogen-bond acceptors (Lipinski definition) is 7. The highest BCUT2D eigenvalue weighted by molar-refractivity contribution is 5.43. The minimum atomic E-state index is -0.486. The summed E-state index contributed by atoms with van der Waals surface area (Å²) in [4.78, 5) is 4.75. The predicted molar refractivity (Wildman–Crippen MR) is 114 cm³/mol. The van der Waals surface area contributed by atoms with Gasteiger partial charge >= 0.3 is 0 Å². The summed E-state index contributed by atoms with van der Waals surface area (Å²) < 4.78 is 16.7. The van der Waals surface area contributed by atoms with Crippen molar-refractivity contribution in [3.8, 4) is 11.5 Å². The largest absolute Gasteiger partial charge is 0.493 e. The van der Waals surface area contributed by atoms with Crippen LogP contribution in [0.3, 0.4) is 0 Å². The van der Waals surface area contributed by atoms with E-state index in [9.17, 15) is 5.11 Å². The number of hydrogen-bond donors (Lipinski definition) is 2. The number of ether oxygens (including phenoxy) is 3. The van der Waals surface area contributed by atoms with Crippen LogP contribution in [0, 0.1) is 0 Å². The highest BCUT2D eigenvalue weighted by atomic mass is 16.5. The molecule has 164 valence electrons. The van der Waals surface area contributed by atoms with Gasteiger partial charge < -0.3 is 29.5 Å². The van der Waals surface area contributed by atoms with Crippen LogP contribution >= 0.6 is 0 Å². The van der Waals surface area contributed by atoms with Gasteiger partial charge in [-0.1, -0.05) is 6.07 Å². The molecule has 3 rings (SSSR count). The van der Waals surface area contributed by atoms with Crippen LogP contribution in [0.15, 0.2) is 18.2 Å². The number of nitrogens with zero attached hydrogens (tertiary/aromatic N) is 2. The molecule has 2 aliphatic heterocycles. The van der Waals surface area contributed by atoms with Gasteiger partial charge in [0.25, 0.3) is 0 Å². The topological polar surface area (TPSA) is 66.4 Å². The summed E-state index contributed by atoms with van der Waals surface area (Å²) >= 11 is 0. The van der Waals surface area contributed by atoms with E-state index < -0.39 is 6.10 Å². The molecule has 7 nitrogen and oxygen atoms in total. The molecule has 1 atom stereocenters. The SMILES string of the molecule is COc1ccc(CNCCCN2CCOCC2)cc1OC[C@H](O)CN1CCCC1. The molecule has 29 heavy (non-hydrogen) atoms. The van der Waals surface area contributed by atoms with Gasteiger partial charge in [-0.05, 0) is 63.1 Å². The fourth-order valence-electron chi connectivity index (χ4n) is 3.93. The molecule has 1 aromatic rings. The van der Waals surface area contributed by atoms with Gasteiger partial charge in [-0.25, -0.2) is 0 Å². The van der Waals surface area contributed by atoms with Crippen LogP contribution in [-0.2, 0) is 11.3 Å². The minimum absolute atomic E-state index is 0.281. The van der Waals surface area contributed by atoms with Crippen molar-refractivity contribution in [2.24, 2.45) is 0 Å². The molecule has 0 bridgehead atoms. The van der Waals surface area contributed by atoms with Crippen LogP contribution in [0.5, 0.6) is 11.5 Å². The van der Waals surface area contributed by atoms with Crippen molar-refractivity contribution in [1.29, 1.82) is 0 Å². The molecular weight excluding hydrogens is 370 g/mol. The Hall–Kier alpha value is -1.38. The molecule has 0 saturated carbocycles. The maximum atomic E-state index is 10.3. The monoisotopic (exact) mass is 407 g/mol. The first-order chi connectivity index (χ1) is 14.2. The first-order valence-electron chi connectivity index (χ1n) is 11.0. The summed E-state index contributed by atoms with van der Waals surface area (Å²) in [6, 6.07) is 6.00. The van der Waals surface area contributed by atoms with E-state index in [1.165, 1.54) is 12.8 Å². The van der Waals surface area contributed by atoms with Crippen molar-refractivity contribution < 1.29 is 19.3 Å². The first kappa shape index (κ1) is 22.3. The number of morpholine rings is 1. The second-order valence-electron chi connectivity index (χ2n) is 7.94. The van der Waals surface area contributed by atoms with Crippen molar-refractivity contribution >= 4 is 0 Å². The summed E-state index contributed by atoms with van der Waals surface area (Å²) in [5, 5.41) is 13.8. The van der Waals surface area contributed by atoms with Crippen LogP contribution in [0.4, 0.5) is 0 Å². The second kappa shape index (κ2) is 12.3. The van der Waals surface area contributed by atoms with E-state index in [4.69, 9.17) is 14.2 Å². The smallest absolute Gasteiger partial charge is 0.161 e. The third-order valence-corrected chi connectivity index (χ3v) is 5.59. The molecule has 0 amide bonds. The van der Waals surface area contributed by atoms with Gasteiger partial charge in [0.1, 0.15) is 12.7 Å². The number of β-amino-alcohol motifs (C(OH)–C–C–N with tert-alkyl or cyclic N) is 1. The molecule has 0 spiro atoms. The van der Waals surface area contributed by atoms with E-state index in [-0.39, 0.29) is 6.61 Å². The van der Waals surface area contributed by atoms with Crippen LogP contribution < -0.4 is 14.8 Å². The molecular formula is C22H37N3O4. The van der Waals surface area contributed by atoms with E-state index in [1.807, 2.05) is 12.1 Å². The summed E-state index contributed by atoms with van der Waals surface area (Å²) in [5.41, 5.74) is 1.15. The van der Waals surface area contributed by atoms with Crippen molar-refractivity contribution in [2.75, 3.05) is 72.7 Å². The number of benzene rings is 1. The number of aliphatic hydroxyl groups excluding tert-OH is 1. The minimum Gasteiger partial charge on any atom is -0.493 e. The molecule has 0 aliphatic carbocycles. The lowest BCUT2D eigenvalue weighted by Gasteiger charge is -2.26. The Morgan fingerprint density at radius 1 is 1.10 bits per heavy atom. The van der Waals surface area contributed by atoms with Crippen molar-refractivity contribution in [3.63, 3.8) is 0 Å². The van der Waals surface area contributed by atoms with Crippen molar-refractivity contribution in [1.82, 2.24) is 15.1 Å². The van der Waals surface area contributed by atoms with Gasteiger partial charge in [-0.3, -0.25) is 4.90 Å². The highest BCUT2D eigenvalue weighted by Gasteiger charge is 2.17. The van der Waals surface area contributed by atoms with Crippen molar-refractivity contribution in [3.05, 3.63) is 23.8 Å². The maximum Gasteiger partial charge on any atom is 0.161 e. The predicted octanol–water partition coefficient (Wildman–Crippen LogP) is 1.34. The lowest BCUT2D eigenvalue weighted by Crippen LogP contribution is -2.37. The fraction of sp³-hybridized carbons (Fsp3) is 0.727. The molecule has 2 fully saturated rings. The quantitative estimate of drug-likeness (QED) is 0.507. The zero-order valence-electron chi connectivity index (χ0n) is 17.8.